The molecule has 1 aromatic rings. The molecule has 0 aliphatic heterocycles. The highest BCUT2D eigenvalue weighted by molar-refractivity contribution is 5.57. The summed E-state index contributed by atoms with van der Waals surface area (Å²) >= 11 is 0. The molecule has 110 valence electrons. The molecule has 0 radical (unpaired) electrons. The Kier molecular flexibility index (Phi) is 4.79. The number of nitrogens with zero attached hydrogens (tertiary/aromatic N) is 1. The van der Waals surface area contributed by atoms with E-state index in [1.807, 2.05) is 0 Å². The van der Waals surface area contributed by atoms with Gasteiger partial charge in [0.25, 0.3) is 0 Å². The van der Waals surface area contributed by atoms with Gasteiger partial charge >= 0.3 is 5.69 Å². The van der Waals surface area contributed by atoms with Crippen LogP contribution in [0.4, 0.5) is 5.69 Å². The maximum Gasteiger partial charge on any atom is 0.352 e. The Bertz CT molecular complexity index is 478. The molecule has 2 atom stereocenters. The van der Waals surface area contributed by atoms with Crippen molar-refractivity contribution >= 4 is 5.69 Å². The lowest BCUT2D eigenvalue weighted by molar-refractivity contribution is -0.387. The van der Waals surface area contributed by atoms with E-state index in [-0.39, 0.29) is 29.2 Å². The van der Waals surface area contributed by atoms with Gasteiger partial charge < -0.3 is 15.2 Å². The van der Waals surface area contributed by atoms with Gasteiger partial charge in [0.15, 0.2) is 0 Å². The second-order valence-electron chi connectivity index (χ2n) is 5.00. The van der Waals surface area contributed by atoms with Crippen molar-refractivity contribution in [3.63, 3.8) is 0 Å². The van der Waals surface area contributed by atoms with E-state index >= 15 is 0 Å². The van der Waals surface area contributed by atoms with Crippen LogP contribution in [0.5, 0.6) is 11.5 Å². The largest absolute Gasteiger partial charge is 0.490 e. The Morgan fingerprint density at radius 1 is 1.35 bits per heavy atom. The Labute approximate surface area is 118 Å². The highest BCUT2D eigenvalue weighted by Crippen LogP contribution is 2.38. The summed E-state index contributed by atoms with van der Waals surface area (Å²) in [4.78, 5) is 10.8. The van der Waals surface area contributed by atoms with Crippen LogP contribution in [0.3, 0.4) is 0 Å². The smallest absolute Gasteiger partial charge is 0.352 e. The molecule has 1 aliphatic carbocycles. The second-order valence-corrected chi connectivity index (χ2v) is 5.00. The molecule has 0 heterocycles. The van der Waals surface area contributed by atoms with Gasteiger partial charge in [0.2, 0.25) is 11.5 Å². The van der Waals surface area contributed by atoms with Crippen LogP contribution < -0.4 is 15.2 Å². The van der Waals surface area contributed by atoms with Crippen LogP contribution in [0.25, 0.3) is 0 Å². The molecule has 20 heavy (non-hydrogen) atoms. The maximum atomic E-state index is 11.2. The van der Waals surface area contributed by atoms with Crippen molar-refractivity contribution in [1.82, 2.24) is 0 Å². The first kappa shape index (κ1) is 14.6. The molecule has 1 aromatic carbocycles. The van der Waals surface area contributed by atoms with Crippen LogP contribution in [0, 0.1) is 16.0 Å². The number of hydrogen-bond acceptors (Lipinski definition) is 5. The minimum Gasteiger partial charge on any atom is -0.490 e. The quantitative estimate of drug-likeness (QED) is 0.661. The molecule has 6 heteroatoms. The summed E-state index contributed by atoms with van der Waals surface area (Å²) in [6.45, 7) is 0.544. The zero-order chi connectivity index (χ0) is 14.5. The van der Waals surface area contributed by atoms with Crippen LogP contribution in [0.2, 0.25) is 0 Å². The summed E-state index contributed by atoms with van der Waals surface area (Å²) in [7, 11) is 1.41. The van der Waals surface area contributed by atoms with Crippen LogP contribution in [0.1, 0.15) is 25.7 Å². The Morgan fingerprint density at radius 3 is 2.70 bits per heavy atom. The van der Waals surface area contributed by atoms with E-state index in [0.717, 1.165) is 25.7 Å². The fourth-order valence-corrected chi connectivity index (χ4v) is 2.70. The number of hydrogen-bond donors (Lipinski definition) is 1. The van der Waals surface area contributed by atoms with Crippen molar-refractivity contribution in [1.29, 1.82) is 0 Å². The van der Waals surface area contributed by atoms with Crippen LogP contribution in [-0.2, 0) is 0 Å². The lowest BCUT2D eigenvalue weighted by Gasteiger charge is -2.30. The molecule has 0 amide bonds. The lowest BCUT2D eigenvalue weighted by atomic mass is 9.86. The zero-order valence-corrected chi connectivity index (χ0v) is 11.6. The summed E-state index contributed by atoms with van der Waals surface area (Å²) in [5, 5.41) is 11.2. The second kappa shape index (κ2) is 6.56. The molecule has 2 rings (SSSR count). The average Bonchev–Trinajstić information content (AvgIpc) is 2.47. The predicted octanol–water partition coefficient (Wildman–Crippen LogP) is 2.50. The average molecular weight is 280 g/mol. The van der Waals surface area contributed by atoms with E-state index in [1.54, 1.807) is 18.2 Å². The number of para-hydroxylation sites is 1. The van der Waals surface area contributed by atoms with Gasteiger partial charge in [-0.25, -0.2) is 0 Å². The zero-order valence-electron chi connectivity index (χ0n) is 11.6. The number of methoxy groups -OCH3 is 1. The van der Waals surface area contributed by atoms with Crippen LogP contribution in [0.15, 0.2) is 18.2 Å². The maximum absolute atomic E-state index is 11.2. The molecule has 1 saturated carbocycles. The van der Waals surface area contributed by atoms with Crippen molar-refractivity contribution in [2.75, 3.05) is 13.7 Å². The fraction of sp³-hybridized carbons (Fsp3) is 0.571. The molecule has 2 unspecified atom stereocenters. The highest BCUT2D eigenvalue weighted by Gasteiger charge is 2.29. The Hall–Kier alpha value is -1.82. The standard InChI is InChI=1S/C14H20N2O4/c1-19-12-7-4-8-13(14(12)16(17)18)20-11-6-3-2-5-10(11)9-15/h4,7-8,10-11H,2-3,5-6,9,15H2,1H3. The third-order valence-corrected chi connectivity index (χ3v) is 3.78. The van der Waals surface area contributed by atoms with E-state index in [9.17, 15) is 10.1 Å². The molecule has 0 spiro atoms. The van der Waals surface area contributed by atoms with Crippen LogP contribution in [-0.4, -0.2) is 24.7 Å². The minimum atomic E-state index is -0.464. The molecule has 1 aliphatic rings. The summed E-state index contributed by atoms with van der Waals surface area (Å²) in [6, 6.07) is 4.87. The van der Waals surface area contributed by atoms with E-state index in [0.29, 0.717) is 6.54 Å². The first-order valence-corrected chi connectivity index (χ1v) is 6.85. The predicted molar refractivity (Wildman–Crippen MR) is 75.1 cm³/mol. The summed E-state index contributed by atoms with van der Waals surface area (Å²) in [5.74, 6) is 0.738. The topological polar surface area (TPSA) is 87.6 Å². The van der Waals surface area contributed by atoms with Gasteiger partial charge in [-0.05, 0) is 37.9 Å². The molecule has 6 nitrogen and oxygen atoms in total. The highest BCUT2D eigenvalue weighted by atomic mass is 16.6. The van der Waals surface area contributed by atoms with Crippen molar-refractivity contribution in [2.24, 2.45) is 11.7 Å². The lowest BCUT2D eigenvalue weighted by Crippen LogP contribution is -2.35. The summed E-state index contributed by atoms with van der Waals surface area (Å²) < 4.78 is 10.9. The van der Waals surface area contributed by atoms with Crippen molar-refractivity contribution in [2.45, 2.75) is 31.8 Å². The van der Waals surface area contributed by atoms with Gasteiger partial charge in [0, 0.05) is 5.92 Å². The van der Waals surface area contributed by atoms with Gasteiger partial charge in [-0.2, -0.15) is 0 Å². The third-order valence-electron chi connectivity index (χ3n) is 3.78. The number of nitrogens with two attached hydrogens (primary N) is 1. The summed E-state index contributed by atoms with van der Waals surface area (Å²) in [5.41, 5.74) is 5.65. The van der Waals surface area contributed by atoms with E-state index in [2.05, 4.69) is 0 Å². The van der Waals surface area contributed by atoms with Crippen LogP contribution >= 0.6 is 0 Å². The molecular formula is C14H20N2O4. The van der Waals surface area contributed by atoms with E-state index in [1.165, 1.54) is 7.11 Å². The number of ether oxygens (including phenoxy) is 2. The normalized spacial score (nSPS) is 22.3. The molecule has 2 N–H and O–H groups in total. The van der Waals surface area contributed by atoms with Gasteiger partial charge in [-0.3, -0.25) is 10.1 Å². The SMILES string of the molecule is COc1cccc(OC2CCCCC2CN)c1[N+](=O)[O-]. The molecule has 0 saturated heterocycles. The first-order valence-electron chi connectivity index (χ1n) is 6.85. The molecule has 0 bridgehead atoms. The van der Waals surface area contributed by atoms with Gasteiger partial charge in [-0.1, -0.05) is 12.5 Å². The number of rotatable bonds is 5. The van der Waals surface area contributed by atoms with Crippen molar-refractivity contribution in [3.8, 4) is 11.5 Å². The number of nitro groups is 1. The van der Waals surface area contributed by atoms with Crippen molar-refractivity contribution in [3.05, 3.63) is 28.3 Å². The number of nitro benzene ring substituents is 1. The molecular weight excluding hydrogens is 260 g/mol. The van der Waals surface area contributed by atoms with Gasteiger partial charge in [0.05, 0.1) is 12.0 Å². The van der Waals surface area contributed by atoms with E-state index in [4.69, 9.17) is 15.2 Å². The van der Waals surface area contributed by atoms with Crippen molar-refractivity contribution < 1.29 is 14.4 Å². The molecule has 1 fully saturated rings. The Morgan fingerprint density at radius 2 is 2.05 bits per heavy atom. The Balaban J connectivity index is 2.26. The van der Waals surface area contributed by atoms with Gasteiger partial charge in [0.1, 0.15) is 6.10 Å². The summed E-state index contributed by atoms with van der Waals surface area (Å²) in [6.07, 6.45) is 4.05. The molecule has 0 aromatic heterocycles. The number of benzene rings is 1. The van der Waals surface area contributed by atoms with E-state index < -0.39 is 4.92 Å². The fourth-order valence-electron chi connectivity index (χ4n) is 2.70. The monoisotopic (exact) mass is 280 g/mol. The van der Waals surface area contributed by atoms with Gasteiger partial charge in [-0.15, -0.1) is 0 Å². The third kappa shape index (κ3) is 3.01. The first-order chi connectivity index (χ1) is 9.67. The minimum absolute atomic E-state index is 0.0560.